The second-order valence-corrected chi connectivity index (χ2v) is 7.70. The van der Waals surface area contributed by atoms with E-state index in [1.807, 2.05) is 12.1 Å². The average Bonchev–Trinajstić information content (AvgIpc) is 3.29. The number of nitrogens with one attached hydrogen (secondary N) is 3. The van der Waals surface area contributed by atoms with Gasteiger partial charge in [-0.3, -0.25) is 9.89 Å². The summed E-state index contributed by atoms with van der Waals surface area (Å²) in [5.41, 5.74) is 1.72. The summed E-state index contributed by atoms with van der Waals surface area (Å²) in [4.78, 5) is 21.3. The number of carbonyl (C=O) groups is 1. The first kappa shape index (κ1) is 22.3. The van der Waals surface area contributed by atoms with Crippen molar-refractivity contribution in [2.75, 3.05) is 32.6 Å². The van der Waals surface area contributed by atoms with E-state index in [4.69, 9.17) is 9.47 Å². The van der Waals surface area contributed by atoms with Crippen molar-refractivity contribution in [2.45, 2.75) is 18.9 Å². The number of hydrogen-bond donors (Lipinski definition) is 3. The van der Waals surface area contributed by atoms with Gasteiger partial charge in [0.1, 0.15) is 29.3 Å². The molecule has 9 nitrogen and oxygen atoms in total. The number of anilines is 1. The fourth-order valence-corrected chi connectivity index (χ4v) is 3.93. The SMILES string of the molecule is C=CC(=O)C(Nc1ncnc2[nH]nc(C#Cc3cc(OC)cc(OC)c3)c12)C1CCCNC1. The van der Waals surface area contributed by atoms with Gasteiger partial charge in [0, 0.05) is 18.2 Å². The van der Waals surface area contributed by atoms with Crippen LogP contribution >= 0.6 is 0 Å². The van der Waals surface area contributed by atoms with Gasteiger partial charge in [0.2, 0.25) is 0 Å². The molecule has 3 N–H and O–H groups in total. The highest BCUT2D eigenvalue weighted by atomic mass is 16.5. The Morgan fingerprint density at radius 2 is 2.03 bits per heavy atom. The van der Waals surface area contributed by atoms with E-state index in [0.29, 0.717) is 39.6 Å². The number of methoxy groups -OCH3 is 2. The molecule has 0 radical (unpaired) electrons. The summed E-state index contributed by atoms with van der Waals surface area (Å²) in [6.07, 6.45) is 4.74. The summed E-state index contributed by atoms with van der Waals surface area (Å²) < 4.78 is 10.6. The van der Waals surface area contributed by atoms with Crippen molar-refractivity contribution >= 4 is 22.6 Å². The minimum atomic E-state index is -0.452. The lowest BCUT2D eigenvalue weighted by atomic mass is 9.89. The first-order valence-electron chi connectivity index (χ1n) is 10.7. The molecule has 4 rings (SSSR count). The lowest BCUT2D eigenvalue weighted by Gasteiger charge is -2.30. The van der Waals surface area contributed by atoms with Crippen LogP contribution in [0, 0.1) is 17.8 Å². The number of nitrogens with zero attached hydrogens (tertiary/aromatic N) is 3. The van der Waals surface area contributed by atoms with Gasteiger partial charge >= 0.3 is 0 Å². The molecule has 3 heterocycles. The second kappa shape index (κ2) is 10.1. The van der Waals surface area contributed by atoms with Crippen molar-refractivity contribution < 1.29 is 14.3 Å². The summed E-state index contributed by atoms with van der Waals surface area (Å²) in [5.74, 6) is 8.02. The molecule has 1 aliphatic rings. The predicted octanol–water partition coefficient (Wildman–Crippen LogP) is 2.31. The smallest absolute Gasteiger partial charge is 0.177 e. The predicted molar refractivity (Wildman–Crippen MR) is 125 cm³/mol. The molecule has 2 aromatic heterocycles. The fourth-order valence-electron chi connectivity index (χ4n) is 3.93. The summed E-state index contributed by atoms with van der Waals surface area (Å²) in [7, 11) is 3.18. The molecule has 0 saturated carbocycles. The van der Waals surface area contributed by atoms with Gasteiger partial charge in [0.25, 0.3) is 0 Å². The van der Waals surface area contributed by atoms with E-state index in [0.717, 1.165) is 25.9 Å². The Labute approximate surface area is 192 Å². The molecule has 2 unspecified atom stereocenters. The number of carbonyl (C=O) groups excluding carboxylic acids is 1. The molecule has 33 heavy (non-hydrogen) atoms. The van der Waals surface area contributed by atoms with Crippen LogP contribution in [-0.4, -0.2) is 59.3 Å². The van der Waals surface area contributed by atoms with Crippen LogP contribution in [0.25, 0.3) is 11.0 Å². The monoisotopic (exact) mass is 446 g/mol. The molecule has 3 aromatic rings. The lowest BCUT2D eigenvalue weighted by Crippen LogP contribution is -2.44. The van der Waals surface area contributed by atoms with Crippen LogP contribution in [0.4, 0.5) is 5.82 Å². The molecule has 0 amide bonds. The Bertz CT molecular complexity index is 1200. The van der Waals surface area contributed by atoms with Gasteiger partial charge in [-0.1, -0.05) is 12.5 Å². The number of hydrogen-bond acceptors (Lipinski definition) is 8. The zero-order valence-electron chi connectivity index (χ0n) is 18.6. The highest BCUT2D eigenvalue weighted by Gasteiger charge is 2.29. The molecule has 0 aliphatic carbocycles. The topological polar surface area (TPSA) is 114 Å². The van der Waals surface area contributed by atoms with Gasteiger partial charge in [-0.2, -0.15) is 5.10 Å². The number of H-pyrrole nitrogens is 1. The van der Waals surface area contributed by atoms with Crippen LogP contribution in [-0.2, 0) is 4.79 Å². The van der Waals surface area contributed by atoms with Gasteiger partial charge in [0.15, 0.2) is 11.4 Å². The summed E-state index contributed by atoms with van der Waals surface area (Å²) >= 11 is 0. The standard InChI is InChI=1S/C24H26N6O3/c1-4-20(31)22(16-6-5-9-25-13-16)28-23-21-19(29-30-24(21)27-14-26-23)8-7-15-10-17(32-2)12-18(11-15)33-3/h4,10-12,14,16,22,25H,1,5-6,9,13H2,2-3H3,(H2,26,27,28,29,30). The number of fused-ring (bicyclic) bond motifs is 1. The van der Waals surface area contributed by atoms with Gasteiger partial charge in [-0.05, 0) is 49.4 Å². The summed E-state index contributed by atoms with van der Waals surface area (Å²) in [6, 6.07) is 4.96. The molecule has 1 aliphatic heterocycles. The first-order valence-corrected chi connectivity index (χ1v) is 10.7. The number of aromatic amines is 1. The van der Waals surface area contributed by atoms with Crippen LogP contribution in [0.5, 0.6) is 11.5 Å². The Balaban J connectivity index is 1.70. The third kappa shape index (κ3) is 4.96. The molecule has 2 atom stereocenters. The maximum atomic E-state index is 12.7. The van der Waals surface area contributed by atoms with Crippen LogP contribution in [0.1, 0.15) is 24.1 Å². The zero-order valence-corrected chi connectivity index (χ0v) is 18.6. The molecular formula is C24H26N6O3. The van der Waals surface area contributed by atoms with Crippen LogP contribution in [0.15, 0.2) is 37.2 Å². The number of rotatable bonds is 7. The Morgan fingerprint density at radius 3 is 2.70 bits per heavy atom. The van der Waals surface area contributed by atoms with Crippen molar-refractivity contribution in [1.82, 2.24) is 25.5 Å². The van der Waals surface area contributed by atoms with E-state index < -0.39 is 6.04 Å². The van der Waals surface area contributed by atoms with Crippen LogP contribution in [0.2, 0.25) is 0 Å². The number of ketones is 1. The van der Waals surface area contributed by atoms with Gasteiger partial charge in [0.05, 0.1) is 25.6 Å². The average molecular weight is 447 g/mol. The molecular weight excluding hydrogens is 420 g/mol. The van der Waals surface area contributed by atoms with E-state index in [1.54, 1.807) is 20.3 Å². The fraction of sp³-hybridized carbons (Fsp3) is 0.333. The molecule has 9 heteroatoms. The lowest BCUT2D eigenvalue weighted by molar-refractivity contribution is -0.116. The zero-order chi connectivity index (χ0) is 23.2. The van der Waals surface area contributed by atoms with Crippen molar-refractivity contribution in [2.24, 2.45) is 5.92 Å². The second-order valence-electron chi connectivity index (χ2n) is 7.70. The number of benzene rings is 1. The van der Waals surface area contributed by atoms with Gasteiger partial charge in [-0.25, -0.2) is 9.97 Å². The van der Waals surface area contributed by atoms with Crippen molar-refractivity contribution in [3.63, 3.8) is 0 Å². The number of ether oxygens (including phenoxy) is 2. The van der Waals surface area contributed by atoms with E-state index in [9.17, 15) is 4.79 Å². The van der Waals surface area contributed by atoms with Crippen LogP contribution < -0.4 is 20.1 Å². The van der Waals surface area contributed by atoms with Crippen LogP contribution in [0.3, 0.4) is 0 Å². The molecule has 0 bridgehead atoms. The van der Waals surface area contributed by atoms with Crippen molar-refractivity contribution in [3.05, 3.63) is 48.4 Å². The molecule has 1 saturated heterocycles. The minimum Gasteiger partial charge on any atom is -0.497 e. The number of aromatic nitrogens is 4. The van der Waals surface area contributed by atoms with Gasteiger partial charge < -0.3 is 20.1 Å². The molecule has 1 fully saturated rings. The minimum absolute atomic E-state index is 0.0740. The Hall–Kier alpha value is -3.90. The first-order chi connectivity index (χ1) is 16.1. The van der Waals surface area contributed by atoms with E-state index in [2.05, 4.69) is 49.2 Å². The maximum absolute atomic E-state index is 12.7. The summed E-state index contributed by atoms with van der Waals surface area (Å²) in [6.45, 7) is 5.38. The molecule has 1 aromatic carbocycles. The Kier molecular flexibility index (Phi) is 6.86. The quantitative estimate of drug-likeness (QED) is 0.374. The van der Waals surface area contributed by atoms with E-state index in [-0.39, 0.29) is 11.7 Å². The highest BCUT2D eigenvalue weighted by Crippen LogP contribution is 2.26. The molecule has 170 valence electrons. The highest BCUT2D eigenvalue weighted by molar-refractivity contribution is 5.98. The third-order valence-electron chi connectivity index (χ3n) is 5.64. The van der Waals surface area contributed by atoms with E-state index >= 15 is 0 Å². The van der Waals surface area contributed by atoms with Gasteiger partial charge in [-0.15, -0.1) is 0 Å². The third-order valence-corrected chi connectivity index (χ3v) is 5.64. The largest absolute Gasteiger partial charge is 0.497 e. The maximum Gasteiger partial charge on any atom is 0.177 e. The normalized spacial score (nSPS) is 16.4. The summed E-state index contributed by atoms with van der Waals surface area (Å²) in [5, 5.41) is 14.5. The Morgan fingerprint density at radius 1 is 1.24 bits per heavy atom. The van der Waals surface area contributed by atoms with Crippen molar-refractivity contribution in [3.8, 4) is 23.3 Å². The van der Waals surface area contributed by atoms with Crippen molar-refractivity contribution in [1.29, 1.82) is 0 Å². The number of piperidine rings is 1. The van der Waals surface area contributed by atoms with E-state index in [1.165, 1.54) is 12.4 Å². The molecule has 0 spiro atoms.